The van der Waals surface area contributed by atoms with Crippen molar-refractivity contribution in [1.29, 1.82) is 0 Å². The minimum Gasteiger partial charge on any atom is -0.489 e. The Bertz CT molecular complexity index is 2000. The quantitative estimate of drug-likeness (QED) is 0.130. The summed E-state index contributed by atoms with van der Waals surface area (Å²) in [5.74, 6) is 2.89. The highest BCUT2D eigenvalue weighted by Crippen LogP contribution is 2.31. The SMILES string of the molecule is CCCN(C(=O)c1cc2cc(Oc3ccc(C(C)(C)C)cc3)ccc2cn1)[C@@H](Cc1ccc(OCc2ccccc2)cc1)c1nc(C)no1. The number of rotatable bonds is 12. The summed E-state index contributed by atoms with van der Waals surface area (Å²) < 4.78 is 17.9. The van der Waals surface area contributed by atoms with Gasteiger partial charge in [0.2, 0.25) is 5.89 Å². The largest absolute Gasteiger partial charge is 0.489 e. The van der Waals surface area contributed by atoms with Crippen LogP contribution in [-0.4, -0.2) is 32.5 Å². The number of pyridine rings is 1. The fraction of sp³-hybridized carbons (Fsp3) is 0.268. The van der Waals surface area contributed by atoms with E-state index < -0.39 is 6.04 Å². The fourth-order valence-corrected chi connectivity index (χ4v) is 5.71. The summed E-state index contributed by atoms with van der Waals surface area (Å²) in [5.41, 5.74) is 3.74. The summed E-state index contributed by atoms with van der Waals surface area (Å²) in [6, 6.07) is 33.3. The molecule has 8 nitrogen and oxygen atoms in total. The zero-order chi connectivity index (χ0) is 34.4. The maximum Gasteiger partial charge on any atom is 0.273 e. The van der Waals surface area contributed by atoms with Crippen LogP contribution in [0.3, 0.4) is 0 Å². The van der Waals surface area contributed by atoms with Crippen LogP contribution in [0.25, 0.3) is 10.8 Å². The minimum absolute atomic E-state index is 0.0622. The highest BCUT2D eigenvalue weighted by molar-refractivity contribution is 5.96. The number of amides is 1. The molecule has 8 heteroatoms. The van der Waals surface area contributed by atoms with Crippen LogP contribution in [0.2, 0.25) is 0 Å². The Hall–Kier alpha value is -5.50. The van der Waals surface area contributed by atoms with E-state index in [-0.39, 0.29) is 11.3 Å². The van der Waals surface area contributed by atoms with Gasteiger partial charge in [0.1, 0.15) is 35.6 Å². The zero-order valence-corrected chi connectivity index (χ0v) is 28.7. The molecule has 0 fully saturated rings. The fourth-order valence-electron chi connectivity index (χ4n) is 5.71. The Kier molecular flexibility index (Phi) is 10.0. The number of aryl methyl sites for hydroxylation is 1. The van der Waals surface area contributed by atoms with Crippen LogP contribution in [0.5, 0.6) is 17.2 Å². The highest BCUT2D eigenvalue weighted by atomic mass is 16.5. The van der Waals surface area contributed by atoms with Gasteiger partial charge in [-0.2, -0.15) is 4.98 Å². The van der Waals surface area contributed by atoms with E-state index in [0.29, 0.717) is 42.7 Å². The van der Waals surface area contributed by atoms with E-state index in [9.17, 15) is 4.79 Å². The molecule has 0 radical (unpaired) electrons. The van der Waals surface area contributed by atoms with Gasteiger partial charge in [-0.15, -0.1) is 0 Å². The molecule has 250 valence electrons. The maximum absolute atomic E-state index is 14.3. The second kappa shape index (κ2) is 14.7. The van der Waals surface area contributed by atoms with E-state index in [1.165, 1.54) is 5.56 Å². The number of nitrogens with zero attached hydrogens (tertiary/aromatic N) is 4. The molecule has 0 bridgehead atoms. The molecule has 0 N–H and O–H groups in total. The van der Waals surface area contributed by atoms with Gasteiger partial charge in [0, 0.05) is 24.5 Å². The number of ether oxygens (including phenoxy) is 2. The second-order valence-corrected chi connectivity index (χ2v) is 13.3. The number of carbonyl (C=O) groups excluding carboxylic acids is 1. The number of aromatic nitrogens is 3. The van der Waals surface area contributed by atoms with E-state index >= 15 is 0 Å². The lowest BCUT2D eigenvalue weighted by Gasteiger charge is -2.29. The van der Waals surface area contributed by atoms with Crippen molar-refractivity contribution in [3.8, 4) is 17.2 Å². The maximum atomic E-state index is 14.3. The van der Waals surface area contributed by atoms with E-state index in [1.807, 2.05) is 97.9 Å². The molecule has 0 saturated heterocycles. The summed E-state index contributed by atoms with van der Waals surface area (Å²) in [7, 11) is 0. The van der Waals surface area contributed by atoms with Crippen molar-refractivity contribution in [2.75, 3.05) is 6.54 Å². The molecular weight excluding hydrogens is 612 g/mol. The molecule has 6 rings (SSSR count). The molecule has 0 aliphatic rings. The Labute approximate surface area is 287 Å². The standard InChI is InChI=1S/C41H42N4O4/c1-6-22-45(38(39-43-28(2)44-49-39)23-29-12-17-34(18-13-29)47-27-30-10-8-7-9-11-30)40(46)37-25-32-24-36(19-14-31(32)26-42-37)48-35-20-15-33(16-21-35)41(3,4)5/h7-21,24-26,38H,6,22-23,27H2,1-5H3/t38-/m0/s1. The first kappa shape index (κ1) is 33.4. The normalized spacial score (nSPS) is 12.1. The van der Waals surface area contributed by atoms with E-state index in [2.05, 4.69) is 48.0 Å². The van der Waals surface area contributed by atoms with Crippen molar-refractivity contribution < 1.29 is 18.8 Å². The molecule has 0 aliphatic heterocycles. The molecule has 2 heterocycles. The van der Waals surface area contributed by atoms with Crippen molar-refractivity contribution in [1.82, 2.24) is 20.0 Å². The second-order valence-electron chi connectivity index (χ2n) is 13.3. The van der Waals surface area contributed by atoms with Gasteiger partial charge in [0.05, 0.1) is 0 Å². The van der Waals surface area contributed by atoms with Crippen LogP contribution in [0.4, 0.5) is 0 Å². The molecule has 0 aliphatic carbocycles. The lowest BCUT2D eigenvalue weighted by Crippen LogP contribution is -2.37. The molecule has 6 aromatic rings. The predicted octanol–water partition coefficient (Wildman–Crippen LogP) is 9.43. The van der Waals surface area contributed by atoms with Gasteiger partial charge in [-0.05, 0) is 89.4 Å². The Morgan fingerprint density at radius 1 is 0.837 bits per heavy atom. The van der Waals surface area contributed by atoms with Crippen LogP contribution >= 0.6 is 0 Å². The topological polar surface area (TPSA) is 90.6 Å². The Morgan fingerprint density at radius 3 is 2.22 bits per heavy atom. The van der Waals surface area contributed by atoms with Gasteiger partial charge < -0.3 is 18.9 Å². The molecule has 0 unspecified atom stereocenters. The number of carbonyl (C=O) groups is 1. The summed E-state index contributed by atoms with van der Waals surface area (Å²) in [4.78, 5) is 25.2. The molecule has 2 aromatic heterocycles. The summed E-state index contributed by atoms with van der Waals surface area (Å²) in [6.45, 7) is 11.3. The number of hydrogen-bond acceptors (Lipinski definition) is 7. The van der Waals surface area contributed by atoms with Crippen molar-refractivity contribution in [3.63, 3.8) is 0 Å². The molecular formula is C41H42N4O4. The van der Waals surface area contributed by atoms with Gasteiger partial charge in [0.25, 0.3) is 5.91 Å². The molecule has 4 aromatic carbocycles. The van der Waals surface area contributed by atoms with Gasteiger partial charge in [-0.1, -0.05) is 87.4 Å². The van der Waals surface area contributed by atoms with E-state index in [4.69, 9.17) is 14.0 Å². The highest BCUT2D eigenvalue weighted by Gasteiger charge is 2.31. The molecule has 1 atom stereocenters. The Balaban J connectivity index is 1.23. The van der Waals surface area contributed by atoms with Crippen LogP contribution < -0.4 is 9.47 Å². The smallest absolute Gasteiger partial charge is 0.273 e. The molecule has 49 heavy (non-hydrogen) atoms. The number of hydrogen-bond donors (Lipinski definition) is 0. The zero-order valence-electron chi connectivity index (χ0n) is 28.7. The third-order valence-electron chi connectivity index (χ3n) is 8.40. The third-order valence-corrected chi connectivity index (χ3v) is 8.40. The average molecular weight is 655 g/mol. The number of fused-ring (bicyclic) bond motifs is 1. The van der Waals surface area contributed by atoms with Crippen LogP contribution in [0, 0.1) is 6.92 Å². The van der Waals surface area contributed by atoms with Gasteiger partial charge >= 0.3 is 0 Å². The monoisotopic (exact) mass is 654 g/mol. The van der Waals surface area contributed by atoms with Crippen molar-refractivity contribution in [2.45, 2.75) is 65.5 Å². The van der Waals surface area contributed by atoms with Crippen LogP contribution in [0.1, 0.15) is 79.1 Å². The van der Waals surface area contributed by atoms with Crippen molar-refractivity contribution in [2.24, 2.45) is 0 Å². The van der Waals surface area contributed by atoms with Crippen molar-refractivity contribution in [3.05, 3.63) is 143 Å². The molecule has 0 saturated carbocycles. The minimum atomic E-state index is -0.493. The summed E-state index contributed by atoms with van der Waals surface area (Å²) in [5, 5.41) is 5.82. The molecule has 0 spiro atoms. The lowest BCUT2D eigenvalue weighted by atomic mass is 9.87. The first-order chi connectivity index (χ1) is 23.7. The summed E-state index contributed by atoms with van der Waals surface area (Å²) in [6.07, 6.45) is 2.95. The third kappa shape index (κ3) is 8.33. The van der Waals surface area contributed by atoms with E-state index in [1.54, 1.807) is 18.0 Å². The van der Waals surface area contributed by atoms with E-state index in [0.717, 1.165) is 39.8 Å². The first-order valence-corrected chi connectivity index (χ1v) is 16.7. The number of benzene rings is 4. The van der Waals surface area contributed by atoms with Gasteiger partial charge in [-0.25, -0.2) is 0 Å². The van der Waals surface area contributed by atoms with Crippen LogP contribution in [0.15, 0.2) is 114 Å². The summed E-state index contributed by atoms with van der Waals surface area (Å²) >= 11 is 0. The van der Waals surface area contributed by atoms with Gasteiger partial charge in [0.15, 0.2) is 5.82 Å². The predicted molar refractivity (Wildman–Crippen MR) is 191 cm³/mol. The van der Waals surface area contributed by atoms with Crippen LogP contribution in [-0.2, 0) is 18.4 Å². The van der Waals surface area contributed by atoms with Gasteiger partial charge in [-0.3, -0.25) is 9.78 Å². The molecule has 1 amide bonds. The Morgan fingerprint density at radius 2 is 1.55 bits per heavy atom. The average Bonchev–Trinajstić information content (AvgIpc) is 3.55. The lowest BCUT2D eigenvalue weighted by molar-refractivity contribution is 0.0631. The van der Waals surface area contributed by atoms with Crippen molar-refractivity contribution >= 4 is 16.7 Å². The first-order valence-electron chi connectivity index (χ1n) is 16.7.